The van der Waals surface area contributed by atoms with Gasteiger partial charge in [0.2, 0.25) is 11.8 Å². The zero-order chi connectivity index (χ0) is 20.2. The molecule has 0 N–H and O–H groups in total. The average Bonchev–Trinajstić information content (AvgIpc) is 3.25. The van der Waals surface area contributed by atoms with Crippen molar-refractivity contribution in [2.24, 2.45) is 11.8 Å². The highest BCUT2D eigenvalue weighted by Crippen LogP contribution is 2.54. The number of hydrogen-bond acceptors (Lipinski definition) is 7. The Labute approximate surface area is 168 Å². The highest BCUT2D eigenvalue weighted by molar-refractivity contribution is 9.10. The van der Waals surface area contributed by atoms with Crippen LogP contribution in [0.3, 0.4) is 0 Å². The molecule has 1 aromatic rings. The molecule has 1 aromatic carbocycles. The number of hydrogen-bond donors (Lipinski definition) is 0. The molecule has 146 valence electrons. The van der Waals surface area contributed by atoms with Crippen molar-refractivity contribution in [3.8, 4) is 0 Å². The van der Waals surface area contributed by atoms with Gasteiger partial charge in [0, 0.05) is 18.3 Å². The van der Waals surface area contributed by atoms with Crippen LogP contribution in [0.4, 0.5) is 5.69 Å². The van der Waals surface area contributed by atoms with E-state index in [0.29, 0.717) is 10.2 Å². The summed E-state index contributed by atoms with van der Waals surface area (Å²) >= 11 is 3.33. The number of ether oxygens (including phenoxy) is 3. The number of carbonyl (C=O) groups excluding carboxylic acids is 4. The molecule has 0 saturated carbocycles. The van der Waals surface area contributed by atoms with E-state index in [-0.39, 0.29) is 0 Å². The molecule has 2 bridgehead atoms. The number of imide groups is 1. The van der Waals surface area contributed by atoms with Crippen molar-refractivity contribution in [3.05, 3.63) is 40.9 Å². The molecule has 0 aliphatic carbocycles. The summed E-state index contributed by atoms with van der Waals surface area (Å²) in [5.41, 5.74) is -1.12. The lowest BCUT2D eigenvalue weighted by molar-refractivity contribution is -0.226. The molecule has 0 aromatic heterocycles. The molecular formula is C19H16BrNO7. The average molecular weight is 450 g/mol. The van der Waals surface area contributed by atoms with Gasteiger partial charge >= 0.3 is 11.9 Å². The molecule has 4 rings (SSSR count). The summed E-state index contributed by atoms with van der Waals surface area (Å²) in [5, 5.41) is 0. The standard InChI is InChI=1S/C19H16BrNO7/c1-9(22)26-18(27-10(2)23)19-7-6-13(28-19)14-15(19)17(25)21(16(14)24)12-5-3-4-11(20)8-12/h3-8,13-15,18H,1-2H3. The number of amides is 2. The van der Waals surface area contributed by atoms with Crippen molar-refractivity contribution in [2.45, 2.75) is 31.8 Å². The zero-order valence-electron chi connectivity index (χ0n) is 15.0. The molecule has 4 unspecified atom stereocenters. The van der Waals surface area contributed by atoms with Crippen LogP contribution in [-0.4, -0.2) is 41.7 Å². The smallest absolute Gasteiger partial charge is 0.305 e. The first-order chi connectivity index (χ1) is 13.2. The van der Waals surface area contributed by atoms with Gasteiger partial charge in [-0.1, -0.05) is 28.1 Å². The Hall–Kier alpha value is -2.52. The Morgan fingerprint density at radius 3 is 2.46 bits per heavy atom. The zero-order valence-corrected chi connectivity index (χ0v) is 16.5. The van der Waals surface area contributed by atoms with Gasteiger partial charge in [0.15, 0.2) is 5.60 Å². The monoisotopic (exact) mass is 449 g/mol. The Morgan fingerprint density at radius 1 is 1.18 bits per heavy atom. The van der Waals surface area contributed by atoms with E-state index in [1.807, 2.05) is 0 Å². The summed E-state index contributed by atoms with van der Waals surface area (Å²) in [4.78, 5) is 50.6. The summed E-state index contributed by atoms with van der Waals surface area (Å²) < 4.78 is 17.0. The SMILES string of the molecule is CC(=O)OC(OC(C)=O)C12C=CC(O1)C1C(=O)N(c3cccc(Br)c3)C(=O)C12. The number of esters is 2. The third-order valence-electron chi connectivity index (χ3n) is 5.06. The summed E-state index contributed by atoms with van der Waals surface area (Å²) in [6, 6.07) is 6.81. The van der Waals surface area contributed by atoms with Crippen LogP contribution in [0, 0.1) is 11.8 Å². The molecule has 3 aliphatic rings. The van der Waals surface area contributed by atoms with E-state index < -0.39 is 53.6 Å². The summed E-state index contributed by atoms with van der Waals surface area (Å²) in [6.45, 7) is 2.32. The van der Waals surface area contributed by atoms with Crippen molar-refractivity contribution >= 4 is 45.4 Å². The van der Waals surface area contributed by atoms with Gasteiger partial charge in [-0.2, -0.15) is 0 Å². The molecule has 28 heavy (non-hydrogen) atoms. The van der Waals surface area contributed by atoms with Crippen LogP contribution in [0.1, 0.15) is 13.8 Å². The van der Waals surface area contributed by atoms with Crippen LogP contribution >= 0.6 is 15.9 Å². The summed E-state index contributed by atoms with van der Waals surface area (Å²) in [6.07, 6.45) is 1.03. The first kappa shape index (κ1) is 18.8. The Morgan fingerprint density at radius 2 is 1.86 bits per heavy atom. The quantitative estimate of drug-likeness (QED) is 0.298. The predicted molar refractivity (Wildman–Crippen MR) is 97.7 cm³/mol. The van der Waals surface area contributed by atoms with Crippen LogP contribution in [0.5, 0.6) is 0 Å². The van der Waals surface area contributed by atoms with E-state index >= 15 is 0 Å². The number of nitrogens with zero attached hydrogens (tertiary/aromatic N) is 1. The molecule has 3 aliphatic heterocycles. The molecule has 0 radical (unpaired) electrons. The molecule has 2 saturated heterocycles. The first-order valence-electron chi connectivity index (χ1n) is 8.59. The maximum absolute atomic E-state index is 13.3. The summed E-state index contributed by atoms with van der Waals surface area (Å²) in [5.74, 6) is -4.07. The Bertz CT molecular complexity index is 913. The normalized spacial score (nSPS) is 30.1. The van der Waals surface area contributed by atoms with Gasteiger partial charge < -0.3 is 14.2 Å². The van der Waals surface area contributed by atoms with E-state index in [4.69, 9.17) is 14.2 Å². The second kappa shape index (κ2) is 6.52. The van der Waals surface area contributed by atoms with Crippen LogP contribution in [0.2, 0.25) is 0 Å². The van der Waals surface area contributed by atoms with Crippen molar-refractivity contribution < 1.29 is 33.4 Å². The molecule has 9 heteroatoms. The molecule has 4 atom stereocenters. The lowest BCUT2D eigenvalue weighted by Crippen LogP contribution is -2.52. The number of rotatable bonds is 4. The number of fused-ring (bicyclic) bond motifs is 5. The first-order valence-corrected chi connectivity index (χ1v) is 9.39. The molecular weight excluding hydrogens is 434 g/mol. The number of halogens is 1. The third kappa shape index (κ3) is 2.68. The fraction of sp³-hybridized carbons (Fsp3) is 0.368. The maximum atomic E-state index is 13.3. The second-order valence-electron chi connectivity index (χ2n) is 6.84. The van der Waals surface area contributed by atoms with Crippen LogP contribution in [0.25, 0.3) is 0 Å². The van der Waals surface area contributed by atoms with E-state index in [9.17, 15) is 19.2 Å². The van der Waals surface area contributed by atoms with Crippen LogP contribution in [-0.2, 0) is 33.4 Å². The molecule has 2 amide bonds. The van der Waals surface area contributed by atoms with Crippen molar-refractivity contribution in [1.29, 1.82) is 0 Å². The maximum Gasteiger partial charge on any atom is 0.305 e. The molecule has 2 fully saturated rings. The van der Waals surface area contributed by atoms with Gasteiger partial charge in [-0.3, -0.25) is 19.2 Å². The minimum Gasteiger partial charge on any atom is -0.422 e. The van der Waals surface area contributed by atoms with Gasteiger partial charge in [0.05, 0.1) is 23.6 Å². The van der Waals surface area contributed by atoms with Gasteiger partial charge in [-0.05, 0) is 24.3 Å². The van der Waals surface area contributed by atoms with Gasteiger partial charge in [0.25, 0.3) is 6.29 Å². The molecule has 0 spiro atoms. The minimum absolute atomic E-state index is 0.409. The fourth-order valence-corrected chi connectivity index (χ4v) is 4.47. The molecule has 3 heterocycles. The topological polar surface area (TPSA) is 99.2 Å². The predicted octanol–water partition coefficient (Wildman–Crippen LogP) is 1.71. The Kier molecular flexibility index (Phi) is 4.39. The Balaban J connectivity index is 1.75. The van der Waals surface area contributed by atoms with Gasteiger partial charge in [0.1, 0.15) is 0 Å². The van der Waals surface area contributed by atoms with Gasteiger partial charge in [-0.15, -0.1) is 0 Å². The second-order valence-corrected chi connectivity index (χ2v) is 7.76. The molecule has 8 nitrogen and oxygen atoms in total. The number of carbonyl (C=O) groups is 4. The number of benzene rings is 1. The van der Waals surface area contributed by atoms with Crippen LogP contribution < -0.4 is 4.90 Å². The highest BCUT2D eigenvalue weighted by atomic mass is 79.9. The van der Waals surface area contributed by atoms with E-state index in [0.717, 1.165) is 18.7 Å². The van der Waals surface area contributed by atoms with Gasteiger partial charge in [-0.25, -0.2) is 4.90 Å². The minimum atomic E-state index is -1.54. The largest absolute Gasteiger partial charge is 0.422 e. The fourth-order valence-electron chi connectivity index (χ4n) is 4.09. The highest BCUT2D eigenvalue weighted by Gasteiger charge is 2.72. The van der Waals surface area contributed by atoms with Crippen molar-refractivity contribution in [3.63, 3.8) is 0 Å². The van der Waals surface area contributed by atoms with E-state index in [1.165, 1.54) is 0 Å². The lowest BCUT2D eigenvalue weighted by atomic mass is 9.76. The van der Waals surface area contributed by atoms with Crippen molar-refractivity contribution in [2.75, 3.05) is 4.90 Å². The lowest BCUT2D eigenvalue weighted by Gasteiger charge is -2.34. The number of anilines is 1. The summed E-state index contributed by atoms with van der Waals surface area (Å²) in [7, 11) is 0. The van der Waals surface area contributed by atoms with Crippen LogP contribution in [0.15, 0.2) is 40.9 Å². The third-order valence-corrected chi connectivity index (χ3v) is 5.55. The van der Waals surface area contributed by atoms with E-state index in [1.54, 1.807) is 36.4 Å². The van der Waals surface area contributed by atoms with E-state index in [2.05, 4.69) is 15.9 Å². The van der Waals surface area contributed by atoms with Crippen molar-refractivity contribution in [1.82, 2.24) is 0 Å².